The van der Waals surface area contributed by atoms with E-state index in [1.54, 1.807) is 22.7 Å². The molecular formula is C16H13N3O2. The van der Waals surface area contributed by atoms with Crippen LogP contribution in [0.3, 0.4) is 0 Å². The standard InChI is InChI=1S/C16H13N3O2/c20-16(21)11-6-7-14-17-18-15(19(14)9-11)13-8-12(13)10-4-2-1-3-5-10/h1-7,9,12-13H,8H2,(H,20,21). The van der Waals surface area contributed by atoms with E-state index in [4.69, 9.17) is 5.11 Å². The molecule has 1 N–H and O–H groups in total. The van der Waals surface area contributed by atoms with Crippen LogP contribution in [0.15, 0.2) is 48.7 Å². The molecule has 0 spiro atoms. The summed E-state index contributed by atoms with van der Waals surface area (Å²) < 4.78 is 1.80. The molecule has 0 saturated heterocycles. The fourth-order valence-electron chi connectivity index (χ4n) is 2.84. The molecule has 5 nitrogen and oxygen atoms in total. The van der Waals surface area contributed by atoms with Crippen LogP contribution in [0.25, 0.3) is 5.65 Å². The topological polar surface area (TPSA) is 67.5 Å². The van der Waals surface area contributed by atoms with Gasteiger partial charge in [0.25, 0.3) is 0 Å². The summed E-state index contributed by atoms with van der Waals surface area (Å²) in [5.74, 6) is 0.674. The van der Waals surface area contributed by atoms with Crippen LogP contribution in [0.4, 0.5) is 0 Å². The second kappa shape index (κ2) is 4.41. The molecule has 1 aromatic carbocycles. The van der Waals surface area contributed by atoms with Crippen LogP contribution in [-0.2, 0) is 0 Å². The maximum Gasteiger partial charge on any atom is 0.337 e. The first kappa shape index (κ1) is 12.1. The van der Waals surface area contributed by atoms with Crippen molar-refractivity contribution in [3.63, 3.8) is 0 Å². The molecule has 2 atom stereocenters. The van der Waals surface area contributed by atoms with Gasteiger partial charge in [0.1, 0.15) is 5.82 Å². The van der Waals surface area contributed by atoms with Crippen LogP contribution in [0.1, 0.15) is 40.0 Å². The van der Waals surface area contributed by atoms with E-state index < -0.39 is 5.97 Å². The van der Waals surface area contributed by atoms with E-state index in [0.717, 1.165) is 12.2 Å². The van der Waals surface area contributed by atoms with Crippen molar-refractivity contribution >= 4 is 11.6 Å². The lowest BCUT2D eigenvalue weighted by molar-refractivity contribution is 0.0696. The lowest BCUT2D eigenvalue weighted by Gasteiger charge is -2.01. The second-order valence-electron chi connectivity index (χ2n) is 5.37. The Bertz CT molecular complexity index is 826. The van der Waals surface area contributed by atoms with Gasteiger partial charge in [0.15, 0.2) is 5.65 Å². The van der Waals surface area contributed by atoms with E-state index in [0.29, 0.717) is 17.5 Å². The molecule has 0 bridgehead atoms. The lowest BCUT2D eigenvalue weighted by atomic mass is 10.1. The third-order valence-corrected chi connectivity index (χ3v) is 4.03. The molecule has 21 heavy (non-hydrogen) atoms. The first-order valence-corrected chi connectivity index (χ1v) is 6.87. The molecule has 2 aromatic heterocycles. The van der Waals surface area contributed by atoms with Crippen LogP contribution < -0.4 is 0 Å². The Labute approximate surface area is 120 Å². The van der Waals surface area contributed by atoms with Gasteiger partial charge in [-0.25, -0.2) is 4.79 Å². The van der Waals surface area contributed by atoms with Gasteiger partial charge in [0, 0.05) is 12.1 Å². The van der Waals surface area contributed by atoms with Crippen molar-refractivity contribution in [3.8, 4) is 0 Å². The molecule has 3 aromatic rings. The van der Waals surface area contributed by atoms with Crippen molar-refractivity contribution in [2.24, 2.45) is 0 Å². The Morgan fingerprint density at radius 3 is 2.67 bits per heavy atom. The average Bonchev–Trinajstić information content (AvgIpc) is 3.20. The van der Waals surface area contributed by atoms with E-state index in [1.165, 1.54) is 5.56 Å². The third kappa shape index (κ3) is 1.98. The number of carbonyl (C=O) groups is 1. The molecular weight excluding hydrogens is 266 g/mol. The number of carboxylic acids is 1. The molecule has 0 radical (unpaired) electrons. The summed E-state index contributed by atoms with van der Waals surface area (Å²) in [6.45, 7) is 0. The number of nitrogens with zero attached hydrogens (tertiary/aromatic N) is 3. The molecule has 1 aliphatic rings. The first-order valence-electron chi connectivity index (χ1n) is 6.87. The normalized spacial score (nSPS) is 20.6. The molecule has 0 aliphatic heterocycles. The Balaban J connectivity index is 1.72. The summed E-state index contributed by atoms with van der Waals surface area (Å²) in [7, 11) is 0. The van der Waals surface area contributed by atoms with Gasteiger partial charge in [-0.2, -0.15) is 0 Å². The molecule has 2 unspecified atom stereocenters. The van der Waals surface area contributed by atoms with Crippen molar-refractivity contribution in [1.82, 2.24) is 14.6 Å². The van der Waals surface area contributed by atoms with Crippen molar-refractivity contribution < 1.29 is 9.90 Å². The molecule has 2 heterocycles. The molecule has 5 heteroatoms. The zero-order valence-corrected chi connectivity index (χ0v) is 11.2. The Kier molecular flexibility index (Phi) is 2.54. The molecule has 0 amide bonds. The van der Waals surface area contributed by atoms with Gasteiger partial charge in [0.05, 0.1) is 5.56 Å². The van der Waals surface area contributed by atoms with E-state index in [1.807, 2.05) is 18.2 Å². The zero-order valence-electron chi connectivity index (χ0n) is 11.2. The van der Waals surface area contributed by atoms with Crippen LogP contribution in [-0.4, -0.2) is 25.7 Å². The number of rotatable bonds is 3. The second-order valence-corrected chi connectivity index (χ2v) is 5.37. The maximum atomic E-state index is 11.1. The predicted molar refractivity (Wildman–Crippen MR) is 76.5 cm³/mol. The van der Waals surface area contributed by atoms with Crippen LogP contribution in [0.5, 0.6) is 0 Å². The number of aromatic nitrogens is 3. The van der Waals surface area contributed by atoms with Gasteiger partial charge in [-0.15, -0.1) is 10.2 Å². The molecule has 1 aliphatic carbocycles. The first-order chi connectivity index (χ1) is 10.2. The highest BCUT2D eigenvalue weighted by molar-refractivity contribution is 5.87. The van der Waals surface area contributed by atoms with Crippen LogP contribution >= 0.6 is 0 Å². The third-order valence-electron chi connectivity index (χ3n) is 4.03. The van der Waals surface area contributed by atoms with E-state index in [-0.39, 0.29) is 5.56 Å². The van der Waals surface area contributed by atoms with Gasteiger partial charge in [-0.05, 0) is 30.0 Å². The number of aromatic carboxylic acids is 1. The van der Waals surface area contributed by atoms with Gasteiger partial charge in [-0.1, -0.05) is 30.3 Å². The van der Waals surface area contributed by atoms with Crippen molar-refractivity contribution in [2.75, 3.05) is 0 Å². The highest BCUT2D eigenvalue weighted by atomic mass is 16.4. The largest absolute Gasteiger partial charge is 0.478 e. The number of fused-ring (bicyclic) bond motifs is 1. The van der Waals surface area contributed by atoms with Gasteiger partial charge < -0.3 is 5.11 Å². The van der Waals surface area contributed by atoms with Gasteiger partial charge in [-0.3, -0.25) is 4.40 Å². The van der Waals surface area contributed by atoms with Crippen molar-refractivity contribution in [1.29, 1.82) is 0 Å². The number of hydrogen-bond donors (Lipinski definition) is 1. The molecule has 4 rings (SSSR count). The number of carboxylic acid groups (broad SMARTS) is 1. The fourth-order valence-corrected chi connectivity index (χ4v) is 2.84. The van der Waals surface area contributed by atoms with Crippen molar-refractivity contribution in [3.05, 3.63) is 65.6 Å². The average molecular weight is 279 g/mol. The van der Waals surface area contributed by atoms with E-state index >= 15 is 0 Å². The summed E-state index contributed by atoms with van der Waals surface area (Å²) in [4.78, 5) is 11.1. The van der Waals surface area contributed by atoms with Crippen LogP contribution in [0, 0.1) is 0 Å². The summed E-state index contributed by atoms with van der Waals surface area (Å²) in [5, 5.41) is 17.5. The summed E-state index contributed by atoms with van der Waals surface area (Å²) >= 11 is 0. The Morgan fingerprint density at radius 2 is 1.90 bits per heavy atom. The number of benzene rings is 1. The lowest BCUT2D eigenvalue weighted by Crippen LogP contribution is -2.01. The monoisotopic (exact) mass is 279 g/mol. The van der Waals surface area contributed by atoms with Gasteiger partial charge in [0.2, 0.25) is 0 Å². The molecule has 1 saturated carbocycles. The summed E-state index contributed by atoms with van der Waals surface area (Å²) in [5.41, 5.74) is 2.24. The quantitative estimate of drug-likeness (QED) is 0.800. The van der Waals surface area contributed by atoms with E-state index in [9.17, 15) is 4.79 Å². The smallest absolute Gasteiger partial charge is 0.337 e. The minimum Gasteiger partial charge on any atom is -0.478 e. The highest BCUT2D eigenvalue weighted by Crippen LogP contribution is 2.53. The summed E-state index contributed by atoms with van der Waals surface area (Å²) in [6, 6.07) is 13.6. The predicted octanol–water partition coefficient (Wildman–Crippen LogP) is 2.70. The maximum absolute atomic E-state index is 11.1. The molecule has 104 valence electrons. The SMILES string of the molecule is O=C(O)c1ccc2nnc(C3CC3c3ccccc3)n2c1. The van der Waals surface area contributed by atoms with Crippen LogP contribution in [0.2, 0.25) is 0 Å². The fraction of sp³-hybridized carbons (Fsp3) is 0.188. The minimum atomic E-state index is -0.938. The Hall–Kier alpha value is -2.69. The zero-order chi connectivity index (χ0) is 14.4. The molecule has 1 fully saturated rings. The van der Waals surface area contributed by atoms with Crippen molar-refractivity contribution in [2.45, 2.75) is 18.3 Å². The number of pyridine rings is 1. The Morgan fingerprint density at radius 1 is 1.10 bits per heavy atom. The minimum absolute atomic E-state index is 0.250. The highest BCUT2D eigenvalue weighted by Gasteiger charge is 2.42. The van der Waals surface area contributed by atoms with Gasteiger partial charge >= 0.3 is 5.97 Å². The summed E-state index contributed by atoms with van der Waals surface area (Å²) in [6.07, 6.45) is 2.63. The number of hydrogen-bond acceptors (Lipinski definition) is 3. The van der Waals surface area contributed by atoms with E-state index in [2.05, 4.69) is 22.3 Å².